The quantitative estimate of drug-likeness (QED) is 0.756. The second-order valence-electron chi connectivity index (χ2n) is 3.33. The zero-order chi connectivity index (χ0) is 8.39. The van der Waals surface area contributed by atoms with Gasteiger partial charge < -0.3 is 9.73 Å². The monoisotopic (exact) mass is 202 g/mol. The van der Waals surface area contributed by atoms with Gasteiger partial charge in [-0.15, -0.1) is 12.4 Å². The summed E-state index contributed by atoms with van der Waals surface area (Å²) in [5, 5.41) is 3.32. The SMILES string of the molecule is Cc1cnc(C2CCNCC2)o1.Cl. The van der Waals surface area contributed by atoms with Gasteiger partial charge in [0, 0.05) is 5.92 Å². The zero-order valence-corrected chi connectivity index (χ0v) is 8.56. The molecular weight excluding hydrogens is 188 g/mol. The molecule has 1 fully saturated rings. The van der Waals surface area contributed by atoms with Gasteiger partial charge in [0.15, 0.2) is 5.89 Å². The Morgan fingerprint density at radius 3 is 2.69 bits per heavy atom. The molecule has 0 bridgehead atoms. The van der Waals surface area contributed by atoms with E-state index in [1.165, 1.54) is 0 Å². The first-order valence-corrected chi connectivity index (χ1v) is 4.49. The van der Waals surface area contributed by atoms with E-state index in [9.17, 15) is 0 Å². The standard InChI is InChI=1S/C9H14N2O.ClH/c1-7-6-11-9(12-7)8-2-4-10-5-3-8;/h6,8,10H,2-5H2,1H3;1H. The van der Waals surface area contributed by atoms with Gasteiger partial charge in [0.05, 0.1) is 6.20 Å². The Labute approximate surface area is 84.3 Å². The third-order valence-corrected chi connectivity index (χ3v) is 2.33. The second-order valence-corrected chi connectivity index (χ2v) is 3.33. The van der Waals surface area contributed by atoms with Crippen molar-refractivity contribution in [3.8, 4) is 0 Å². The lowest BCUT2D eigenvalue weighted by Gasteiger charge is -2.19. The summed E-state index contributed by atoms with van der Waals surface area (Å²) >= 11 is 0. The molecule has 1 N–H and O–H groups in total. The highest BCUT2D eigenvalue weighted by Crippen LogP contribution is 2.24. The number of halogens is 1. The number of rotatable bonds is 1. The smallest absolute Gasteiger partial charge is 0.197 e. The number of aromatic nitrogens is 1. The Morgan fingerprint density at radius 1 is 1.46 bits per heavy atom. The predicted molar refractivity (Wildman–Crippen MR) is 53.3 cm³/mol. The van der Waals surface area contributed by atoms with Crippen LogP contribution in [0.3, 0.4) is 0 Å². The summed E-state index contributed by atoms with van der Waals surface area (Å²) in [7, 11) is 0. The molecule has 0 spiro atoms. The fraction of sp³-hybridized carbons (Fsp3) is 0.667. The van der Waals surface area contributed by atoms with Crippen LogP contribution < -0.4 is 5.32 Å². The molecule has 0 radical (unpaired) electrons. The van der Waals surface area contributed by atoms with Crippen LogP contribution in [0, 0.1) is 6.92 Å². The molecule has 2 heterocycles. The Balaban J connectivity index is 0.000000845. The van der Waals surface area contributed by atoms with Crippen LogP contribution in [-0.2, 0) is 0 Å². The molecule has 74 valence electrons. The Kier molecular flexibility index (Phi) is 3.75. The summed E-state index contributed by atoms with van der Waals surface area (Å²) in [4.78, 5) is 4.24. The van der Waals surface area contributed by atoms with E-state index in [2.05, 4.69) is 10.3 Å². The number of hydrogen-bond acceptors (Lipinski definition) is 3. The van der Waals surface area contributed by atoms with Crippen molar-refractivity contribution in [2.24, 2.45) is 0 Å². The predicted octanol–water partition coefficient (Wildman–Crippen LogP) is 1.87. The highest BCUT2D eigenvalue weighted by molar-refractivity contribution is 5.85. The van der Waals surface area contributed by atoms with Crippen LogP contribution >= 0.6 is 12.4 Å². The van der Waals surface area contributed by atoms with E-state index in [1.54, 1.807) is 6.20 Å². The highest BCUT2D eigenvalue weighted by Gasteiger charge is 2.19. The first-order chi connectivity index (χ1) is 5.86. The van der Waals surface area contributed by atoms with Crippen LogP contribution in [0.1, 0.15) is 30.4 Å². The molecule has 3 nitrogen and oxygen atoms in total. The molecule has 4 heteroatoms. The third kappa shape index (κ3) is 2.45. The van der Waals surface area contributed by atoms with Crippen molar-refractivity contribution in [2.45, 2.75) is 25.7 Å². The minimum absolute atomic E-state index is 0. The average molecular weight is 203 g/mol. The largest absolute Gasteiger partial charge is 0.446 e. The lowest BCUT2D eigenvalue weighted by atomic mass is 9.98. The van der Waals surface area contributed by atoms with Gasteiger partial charge in [0.2, 0.25) is 0 Å². The number of hydrogen-bond donors (Lipinski definition) is 1. The summed E-state index contributed by atoms with van der Waals surface area (Å²) in [5.74, 6) is 2.39. The topological polar surface area (TPSA) is 38.1 Å². The van der Waals surface area contributed by atoms with Gasteiger partial charge in [-0.25, -0.2) is 4.98 Å². The van der Waals surface area contributed by atoms with Crippen LogP contribution in [0.15, 0.2) is 10.6 Å². The van der Waals surface area contributed by atoms with Crippen molar-refractivity contribution < 1.29 is 4.42 Å². The fourth-order valence-corrected chi connectivity index (χ4v) is 1.63. The van der Waals surface area contributed by atoms with Crippen LogP contribution in [0.2, 0.25) is 0 Å². The molecule has 0 aliphatic carbocycles. The van der Waals surface area contributed by atoms with Crippen LogP contribution in [-0.4, -0.2) is 18.1 Å². The normalized spacial score (nSPS) is 18.2. The molecule has 1 saturated heterocycles. The molecule has 0 atom stereocenters. The van der Waals surface area contributed by atoms with Crippen molar-refractivity contribution in [1.29, 1.82) is 0 Å². The minimum Gasteiger partial charge on any atom is -0.446 e. The summed E-state index contributed by atoms with van der Waals surface area (Å²) in [6.45, 7) is 4.12. The van der Waals surface area contributed by atoms with Crippen LogP contribution in [0.4, 0.5) is 0 Å². The van der Waals surface area contributed by atoms with E-state index in [0.717, 1.165) is 37.6 Å². The lowest BCUT2D eigenvalue weighted by Crippen LogP contribution is -2.26. The Bertz CT molecular complexity index is 256. The molecule has 0 aromatic carbocycles. The molecule has 2 rings (SSSR count). The maximum absolute atomic E-state index is 5.48. The summed E-state index contributed by atoms with van der Waals surface area (Å²) in [6.07, 6.45) is 4.11. The second kappa shape index (κ2) is 4.63. The molecule has 1 aliphatic heterocycles. The molecule has 0 saturated carbocycles. The van der Waals surface area contributed by atoms with E-state index in [-0.39, 0.29) is 12.4 Å². The molecule has 0 amide bonds. The molecule has 1 aromatic rings. The summed E-state index contributed by atoms with van der Waals surface area (Å²) < 4.78 is 5.48. The maximum atomic E-state index is 5.48. The third-order valence-electron chi connectivity index (χ3n) is 2.33. The number of nitrogens with zero attached hydrogens (tertiary/aromatic N) is 1. The fourth-order valence-electron chi connectivity index (χ4n) is 1.63. The van der Waals surface area contributed by atoms with Gasteiger partial charge >= 0.3 is 0 Å². The summed E-state index contributed by atoms with van der Waals surface area (Å²) in [6, 6.07) is 0. The molecule has 1 aromatic heterocycles. The van der Waals surface area contributed by atoms with Crippen molar-refractivity contribution in [3.63, 3.8) is 0 Å². The van der Waals surface area contributed by atoms with Gasteiger partial charge in [0.1, 0.15) is 5.76 Å². The Morgan fingerprint density at radius 2 is 2.15 bits per heavy atom. The van der Waals surface area contributed by atoms with Gasteiger partial charge in [-0.05, 0) is 32.9 Å². The number of nitrogens with one attached hydrogen (secondary N) is 1. The van der Waals surface area contributed by atoms with Crippen molar-refractivity contribution in [3.05, 3.63) is 17.8 Å². The van der Waals surface area contributed by atoms with E-state index in [4.69, 9.17) is 4.42 Å². The highest BCUT2D eigenvalue weighted by atomic mass is 35.5. The van der Waals surface area contributed by atoms with Gasteiger partial charge in [0.25, 0.3) is 0 Å². The average Bonchev–Trinajstić information content (AvgIpc) is 2.54. The molecule has 13 heavy (non-hydrogen) atoms. The lowest BCUT2D eigenvalue weighted by molar-refractivity contribution is 0.366. The van der Waals surface area contributed by atoms with E-state index in [0.29, 0.717) is 5.92 Å². The van der Waals surface area contributed by atoms with Crippen molar-refractivity contribution >= 4 is 12.4 Å². The molecule has 0 unspecified atom stereocenters. The first-order valence-electron chi connectivity index (χ1n) is 4.49. The van der Waals surface area contributed by atoms with E-state index < -0.39 is 0 Å². The Hall–Kier alpha value is -0.540. The number of oxazole rings is 1. The van der Waals surface area contributed by atoms with Crippen LogP contribution in [0.25, 0.3) is 0 Å². The first kappa shape index (κ1) is 10.5. The van der Waals surface area contributed by atoms with Gasteiger partial charge in [-0.2, -0.15) is 0 Å². The van der Waals surface area contributed by atoms with Crippen LogP contribution in [0.5, 0.6) is 0 Å². The van der Waals surface area contributed by atoms with Gasteiger partial charge in [-0.1, -0.05) is 0 Å². The zero-order valence-electron chi connectivity index (χ0n) is 7.75. The van der Waals surface area contributed by atoms with Crippen molar-refractivity contribution in [1.82, 2.24) is 10.3 Å². The van der Waals surface area contributed by atoms with E-state index >= 15 is 0 Å². The minimum atomic E-state index is 0. The molecule has 1 aliphatic rings. The maximum Gasteiger partial charge on any atom is 0.197 e. The van der Waals surface area contributed by atoms with Crippen molar-refractivity contribution in [2.75, 3.05) is 13.1 Å². The molecular formula is C9H15ClN2O. The number of aryl methyl sites for hydroxylation is 1. The van der Waals surface area contributed by atoms with Gasteiger partial charge in [-0.3, -0.25) is 0 Å². The summed E-state index contributed by atoms with van der Waals surface area (Å²) in [5.41, 5.74) is 0. The van der Waals surface area contributed by atoms with E-state index in [1.807, 2.05) is 6.92 Å². The number of piperidine rings is 1.